The summed E-state index contributed by atoms with van der Waals surface area (Å²) in [7, 11) is 0. The zero-order chi connectivity index (χ0) is 13.6. The summed E-state index contributed by atoms with van der Waals surface area (Å²) in [4.78, 5) is 27.1. The molecule has 100 valence electrons. The van der Waals surface area contributed by atoms with Gasteiger partial charge in [0, 0.05) is 25.0 Å². The monoisotopic (exact) mass is 278 g/mol. The van der Waals surface area contributed by atoms with E-state index in [-0.39, 0.29) is 24.4 Å². The average Bonchev–Trinajstić information content (AvgIpc) is 2.38. The largest absolute Gasteiger partial charge is 0.332 e. The van der Waals surface area contributed by atoms with Crippen LogP contribution in [0.25, 0.3) is 0 Å². The van der Waals surface area contributed by atoms with Crippen molar-refractivity contribution >= 4 is 23.4 Å². The molecule has 0 spiro atoms. The first kappa shape index (κ1) is 12.5. The van der Waals surface area contributed by atoms with Crippen LogP contribution in [0.2, 0.25) is 5.02 Å². The van der Waals surface area contributed by atoms with Gasteiger partial charge in [0.25, 0.3) is 0 Å². The zero-order valence-corrected chi connectivity index (χ0v) is 11.5. The van der Waals surface area contributed by atoms with Gasteiger partial charge in [0.1, 0.15) is 0 Å². The Bertz CT molecular complexity index is 558. The van der Waals surface area contributed by atoms with Gasteiger partial charge in [-0.15, -0.1) is 0 Å². The number of halogens is 1. The fraction of sp³-hybridized carbons (Fsp3) is 0.429. The second-order valence-electron chi connectivity index (χ2n) is 5.10. The van der Waals surface area contributed by atoms with E-state index in [1.54, 1.807) is 4.90 Å². The molecule has 1 fully saturated rings. The number of nitrogens with zero attached hydrogens (tertiary/aromatic N) is 2. The minimum Gasteiger partial charge on any atom is -0.332 e. The Kier molecular flexibility index (Phi) is 2.97. The first-order valence-corrected chi connectivity index (χ1v) is 6.77. The molecular formula is C14H15ClN2O2. The third-order valence-electron chi connectivity index (χ3n) is 3.95. The number of benzene rings is 1. The molecule has 19 heavy (non-hydrogen) atoms. The van der Waals surface area contributed by atoms with E-state index in [0.717, 1.165) is 18.5 Å². The first-order chi connectivity index (χ1) is 9.06. The van der Waals surface area contributed by atoms with Crippen molar-refractivity contribution in [2.75, 3.05) is 19.6 Å². The van der Waals surface area contributed by atoms with E-state index >= 15 is 0 Å². The second kappa shape index (κ2) is 4.53. The van der Waals surface area contributed by atoms with Crippen molar-refractivity contribution in [2.24, 2.45) is 0 Å². The predicted molar refractivity (Wildman–Crippen MR) is 71.9 cm³/mol. The zero-order valence-electron chi connectivity index (χ0n) is 10.7. The van der Waals surface area contributed by atoms with Crippen molar-refractivity contribution in [1.82, 2.24) is 9.80 Å². The number of hydrogen-bond acceptors (Lipinski definition) is 2. The molecule has 2 amide bonds. The van der Waals surface area contributed by atoms with Gasteiger partial charge in [-0.3, -0.25) is 9.59 Å². The summed E-state index contributed by atoms with van der Waals surface area (Å²) in [6.07, 6.45) is 0.856. The van der Waals surface area contributed by atoms with E-state index in [1.807, 2.05) is 23.1 Å². The van der Waals surface area contributed by atoms with Gasteiger partial charge in [0.15, 0.2) is 0 Å². The molecule has 1 atom stereocenters. The molecule has 5 heteroatoms. The van der Waals surface area contributed by atoms with Crippen LogP contribution in [0.5, 0.6) is 0 Å². The van der Waals surface area contributed by atoms with Crippen LogP contribution in [0.4, 0.5) is 0 Å². The normalized spacial score (nSPS) is 22.0. The van der Waals surface area contributed by atoms with Gasteiger partial charge in [0.05, 0.1) is 12.6 Å². The van der Waals surface area contributed by atoms with Crippen LogP contribution < -0.4 is 0 Å². The number of fused-ring (bicyclic) bond motifs is 3. The highest BCUT2D eigenvalue weighted by atomic mass is 35.5. The van der Waals surface area contributed by atoms with Gasteiger partial charge < -0.3 is 9.80 Å². The van der Waals surface area contributed by atoms with Gasteiger partial charge in [-0.2, -0.15) is 0 Å². The topological polar surface area (TPSA) is 40.6 Å². The molecule has 4 nitrogen and oxygen atoms in total. The standard InChI is InChI=1S/C14H15ClN2O2/c1-9(18)16-7-13-12-6-11(15)3-2-10(12)4-5-17(13)14(19)8-16/h2-3,6,13H,4-5,7-8H2,1H3. The Morgan fingerprint density at radius 1 is 1.42 bits per heavy atom. The Morgan fingerprint density at radius 2 is 2.21 bits per heavy atom. The highest BCUT2D eigenvalue weighted by Gasteiger charge is 2.37. The predicted octanol–water partition coefficient (Wildman–Crippen LogP) is 1.63. The maximum atomic E-state index is 12.1. The Hall–Kier alpha value is -1.55. The maximum Gasteiger partial charge on any atom is 0.242 e. The van der Waals surface area contributed by atoms with E-state index in [1.165, 1.54) is 12.5 Å². The highest BCUT2D eigenvalue weighted by Crippen LogP contribution is 2.34. The van der Waals surface area contributed by atoms with Crippen molar-refractivity contribution in [3.8, 4) is 0 Å². The quantitative estimate of drug-likeness (QED) is 0.724. The molecule has 3 rings (SSSR count). The fourth-order valence-electron chi connectivity index (χ4n) is 2.93. The Labute approximate surface area is 116 Å². The summed E-state index contributed by atoms with van der Waals surface area (Å²) in [5.74, 6) is -0.0285. The van der Waals surface area contributed by atoms with E-state index in [0.29, 0.717) is 11.6 Å². The van der Waals surface area contributed by atoms with Crippen LogP contribution in [0.3, 0.4) is 0 Å². The van der Waals surface area contributed by atoms with E-state index < -0.39 is 0 Å². The fourth-order valence-corrected chi connectivity index (χ4v) is 3.11. The number of carbonyl (C=O) groups excluding carboxylic acids is 2. The van der Waals surface area contributed by atoms with E-state index in [4.69, 9.17) is 11.6 Å². The van der Waals surface area contributed by atoms with Crippen LogP contribution in [0.1, 0.15) is 24.1 Å². The molecule has 0 N–H and O–H groups in total. The summed E-state index contributed by atoms with van der Waals surface area (Å²) in [5.41, 5.74) is 2.31. The second-order valence-corrected chi connectivity index (χ2v) is 5.53. The minimum absolute atomic E-state index is 0.0251. The summed E-state index contributed by atoms with van der Waals surface area (Å²) >= 11 is 6.06. The highest BCUT2D eigenvalue weighted by molar-refractivity contribution is 6.30. The number of rotatable bonds is 0. The SMILES string of the molecule is CC(=O)N1CC(=O)N2CCc3ccc(Cl)cc3C2C1. The molecule has 1 aromatic carbocycles. The van der Waals surface area contributed by atoms with Crippen LogP contribution >= 0.6 is 11.6 Å². The van der Waals surface area contributed by atoms with Crippen molar-refractivity contribution in [2.45, 2.75) is 19.4 Å². The lowest BCUT2D eigenvalue weighted by Crippen LogP contribution is -2.55. The summed E-state index contributed by atoms with van der Waals surface area (Å²) in [6, 6.07) is 5.77. The molecule has 2 heterocycles. The smallest absolute Gasteiger partial charge is 0.242 e. The molecule has 2 aliphatic heterocycles. The van der Waals surface area contributed by atoms with Crippen molar-refractivity contribution in [3.05, 3.63) is 34.3 Å². The number of hydrogen-bond donors (Lipinski definition) is 0. The summed E-state index contributed by atoms with van der Waals surface area (Å²) < 4.78 is 0. The molecule has 0 aromatic heterocycles. The molecule has 1 saturated heterocycles. The van der Waals surface area contributed by atoms with Gasteiger partial charge in [-0.25, -0.2) is 0 Å². The number of carbonyl (C=O) groups is 2. The maximum absolute atomic E-state index is 12.1. The van der Waals surface area contributed by atoms with Crippen LogP contribution in [-0.4, -0.2) is 41.2 Å². The molecule has 2 aliphatic rings. The molecule has 0 bridgehead atoms. The van der Waals surface area contributed by atoms with E-state index in [2.05, 4.69) is 0 Å². The lowest BCUT2D eigenvalue weighted by atomic mass is 9.90. The summed E-state index contributed by atoms with van der Waals surface area (Å²) in [5, 5.41) is 0.674. The van der Waals surface area contributed by atoms with Crippen molar-refractivity contribution in [1.29, 1.82) is 0 Å². The average molecular weight is 279 g/mol. The molecule has 0 radical (unpaired) electrons. The van der Waals surface area contributed by atoms with E-state index in [9.17, 15) is 9.59 Å². The first-order valence-electron chi connectivity index (χ1n) is 6.39. The molecule has 0 saturated carbocycles. The summed E-state index contributed by atoms with van der Waals surface area (Å²) in [6.45, 7) is 2.99. The third kappa shape index (κ3) is 2.10. The van der Waals surface area contributed by atoms with Gasteiger partial charge in [-0.05, 0) is 29.7 Å². The van der Waals surface area contributed by atoms with Crippen molar-refractivity contribution < 1.29 is 9.59 Å². The lowest BCUT2D eigenvalue weighted by molar-refractivity contribution is -0.148. The molecule has 1 aromatic rings. The minimum atomic E-state index is -0.0536. The number of piperazine rings is 1. The Morgan fingerprint density at radius 3 is 2.95 bits per heavy atom. The van der Waals surface area contributed by atoms with Crippen LogP contribution in [0.15, 0.2) is 18.2 Å². The van der Waals surface area contributed by atoms with Gasteiger partial charge in [-0.1, -0.05) is 17.7 Å². The molecule has 1 unspecified atom stereocenters. The van der Waals surface area contributed by atoms with Crippen LogP contribution in [-0.2, 0) is 16.0 Å². The van der Waals surface area contributed by atoms with Crippen LogP contribution in [0, 0.1) is 0 Å². The van der Waals surface area contributed by atoms with Gasteiger partial charge >= 0.3 is 0 Å². The number of amides is 2. The van der Waals surface area contributed by atoms with Gasteiger partial charge in [0.2, 0.25) is 11.8 Å². The lowest BCUT2D eigenvalue weighted by Gasteiger charge is -2.44. The molecular weight excluding hydrogens is 264 g/mol. The third-order valence-corrected chi connectivity index (χ3v) is 4.19. The Balaban J connectivity index is 2.00. The van der Waals surface area contributed by atoms with Crippen molar-refractivity contribution in [3.63, 3.8) is 0 Å². The molecule has 0 aliphatic carbocycles.